The Balaban J connectivity index is 2.10. The SMILES string of the molecule is Cc1ccccc1CSCC(=O)N(Cc1ccccc1F)[C@@H](C)C(=O)NC(C)C. The van der Waals surface area contributed by atoms with Crippen molar-refractivity contribution in [3.8, 4) is 0 Å². The second kappa shape index (κ2) is 11.0. The number of hydrogen-bond acceptors (Lipinski definition) is 3. The van der Waals surface area contributed by atoms with E-state index in [1.807, 2.05) is 45.0 Å². The van der Waals surface area contributed by atoms with Crippen molar-refractivity contribution >= 4 is 23.6 Å². The number of thioether (sulfide) groups is 1. The van der Waals surface area contributed by atoms with Crippen molar-refractivity contribution in [2.45, 2.75) is 52.1 Å². The van der Waals surface area contributed by atoms with Crippen molar-refractivity contribution in [2.75, 3.05) is 5.75 Å². The summed E-state index contributed by atoms with van der Waals surface area (Å²) in [5.41, 5.74) is 2.76. The number of hydrogen-bond donors (Lipinski definition) is 1. The van der Waals surface area contributed by atoms with E-state index in [1.165, 1.54) is 33.9 Å². The molecule has 2 rings (SSSR count). The van der Waals surface area contributed by atoms with Crippen molar-refractivity contribution in [2.24, 2.45) is 0 Å². The average molecular weight is 417 g/mol. The minimum Gasteiger partial charge on any atom is -0.352 e. The number of halogens is 1. The summed E-state index contributed by atoms with van der Waals surface area (Å²) in [6, 6.07) is 13.7. The van der Waals surface area contributed by atoms with Gasteiger partial charge in [0, 0.05) is 23.9 Å². The predicted octanol–water partition coefficient (Wildman–Crippen LogP) is 4.31. The Kier molecular flexibility index (Phi) is 8.70. The molecule has 0 aliphatic carbocycles. The third-order valence-corrected chi connectivity index (χ3v) is 5.61. The third kappa shape index (κ3) is 6.89. The van der Waals surface area contributed by atoms with E-state index >= 15 is 0 Å². The summed E-state index contributed by atoms with van der Waals surface area (Å²) < 4.78 is 14.2. The van der Waals surface area contributed by atoms with Crippen LogP contribution < -0.4 is 5.32 Å². The fourth-order valence-corrected chi connectivity index (χ4v) is 3.89. The maximum absolute atomic E-state index is 14.2. The van der Waals surface area contributed by atoms with Crippen molar-refractivity contribution in [3.63, 3.8) is 0 Å². The van der Waals surface area contributed by atoms with E-state index in [2.05, 4.69) is 5.32 Å². The minimum atomic E-state index is -0.691. The van der Waals surface area contributed by atoms with Gasteiger partial charge in [-0.3, -0.25) is 9.59 Å². The molecule has 0 radical (unpaired) electrons. The van der Waals surface area contributed by atoms with Gasteiger partial charge in [-0.1, -0.05) is 42.5 Å². The summed E-state index contributed by atoms with van der Waals surface area (Å²) >= 11 is 1.50. The normalized spacial score (nSPS) is 11.9. The molecule has 2 aromatic rings. The molecule has 1 atom stereocenters. The topological polar surface area (TPSA) is 49.4 Å². The highest BCUT2D eigenvalue weighted by Gasteiger charge is 2.27. The van der Waals surface area contributed by atoms with Gasteiger partial charge in [0.15, 0.2) is 0 Å². The largest absolute Gasteiger partial charge is 0.352 e. The van der Waals surface area contributed by atoms with Gasteiger partial charge in [-0.25, -0.2) is 4.39 Å². The molecule has 0 fully saturated rings. The van der Waals surface area contributed by atoms with Crippen LogP contribution in [-0.2, 0) is 21.9 Å². The summed E-state index contributed by atoms with van der Waals surface area (Å²) in [7, 11) is 0. The number of carbonyl (C=O) groups is 2. The first-order valence-corrected chi connectivity index (χ1v) is 10.9. The zero-order valence-corrected chi connectivity index (χ0v) is 18.3. The zero-order valence-electron chi connectivity index (χ0n) is 17.4. The zero-order chi connectivity index (χ0) is 21.4. The molecule has 29 heavy (non-hydrogen) atoms. The lowest BCUT2D eigenvalue weighted by molar-refractivity contribution is -0.138. The van der Waals surface area contributed by atoms with Crippen LogP contribution in [0.5, 0.6) is 0 Å². The van der Waals surface area contributed by atoms with Crippen molar-refractivity contribution in [1.82, 2.24) is 10.2 Å². The fraction of sp³-hybridized carbons (Fsp3) is 0.391. The van der Waals surface area contributed by atoms with Gasteiger partial charge < -0.3 is 10.2 Å². The van der Waals surface area contributed by atoms with Crippen LogP contribution in [0.4, 0.5) is 4.39 Å². The molecule has 1 N–H and O–H groups in total. The van der Waals surface area contributed by atoms with Gasteiger partial charge in [0.2, 0.25) is 11.8 Å². The average Bonchev–Trinajstić information content (AvgIpc) is 2.67. The molecule has 0 heterocycles. The Hall–Kier alpha value is -2.34. The Morgan fingerprint density at radius 3 is 2.28 bits per heavy atom. The molecule has 0 aliphatic rings. The molecule has 0 saturated carbocycles. The number of nitrogens with one attached hydrogen (secondary N) is 1. The molecule has 156 valence electrons. The van der Waals surface area contributed by atoms with Crippen LogP contribution in [0.2, 0.25) is 0 Å². The van der Waals surface area contributed by atoms with Gasteiger partial charge in [-0.05, 0) is 44.9 Å². The highest BCUT2D eigenvalue weighted by Crippen LogP contribution is 2.19. The van der Waals surface area contributed by atoms with Gasteiger partial charge in [0.05, 0.1) is 5.75 Å². The number of aryl methyl sites for hydroxylation is 1. The van der Waals surface area contributed by atoms with E-state index in [1.54, 1.807) is 25.1 Å². The molecular formula is C23H29FN2O2S. The summed E-state index contributed by atoms with van der Waals surface area (Å²) in [5, 5.41) is 2.83. The summed E-state index contributed by atoms with van der Waals surface area (Å²) in [4.78, 5) is 26.9. The van der Waals surface area contributed by atoms with Crippen molar-refractivity contribution < 1.29 is 14.0 Å². The highest BCUT2D eigenvalue weighted by molar-refractivity contribution is 7.99. The van der Waals surface area contributed by atoms with E-state index in [0.717, 1.165) is 0 Å². The minimum absolute atomic E-state index is 0.0363. The number of rotatable bonds is 9. The van der Waals surface area contributed by atoms with Gasteiger partial charge in [-0.15, -0.1) is 11.8 Å². The molecule has 0 spiro atoms. The van der Waals surface area contributed by atoms with Crippen LogP contribution in [0.3, 0.4) is 0 Å². The Bertz CT molecular complexity index is 841. The first kappa shape index (κ1) is 22.9. The molecular weight excluding hydrogens is 387 g/mol. The van der Waals surface area contributed by atoms with Crippen molar-refractivity contribution in [1.29, 1.82) is 0 Å². The summed E-state index contributed by atoms with van der Waals surface area (Å²) in [6.07, 6.45) is 0. The second-order valence-electron chi connectivity index (χ2n) is 7.37. The number of benzene rings is 2. The fourth-order valence-electron chi connectivity index (χ4n) is 2.90. The lowest BCUT2D eigenvalue weighted by Gasteiger charge is -2.29. The van der Waals surface area contributed by atoms with E-state index in [9.17, 15) is 14.0 Å². The Morgan fingerprint density at radius 2 is 1.66 bits per heavy atom. The molecule has 0 aliphatic heterocycles. The molecule has 2 aromatic carbocycles. The standard InChI is InChI=1S/C23H29FN2O2S/c1-16(2)25-23(28)18(4)26(13-19-10-7-8-12-21(19)24)22(27)15-29-14-20-11-6-5-9-17(20)3/h5-12,16,18H,13-15H2,1-4H3,(H,25,28)/t18-/m0/s1. The quantitative estimate of drug-likeness (QED) is 0.663. The number of carbonyl (C=O) groups excluding carboxylic acids is 2. The van der Waals surface area contributed by atoms with Crippen LogP contribution >= 0.6 is 11.8 Å². The molecule has 0 unspecified atom stereocenters. The van der Waals surface area contributed by atoms with Crippen LogP contribution in [0.15, 0.2) is 48.5 Å². The Morgan fingerprint density at radius 1 is 1.03 bits per heavy atom. The number of amides is 2. The van der Waals surface area contributed by atoms with E-state index in [4.69, 9.17) is 0 Å². The lowest BCUT2D eigenvalue weighted by Crippen LogP contribution is -2.49. The second-order valence-corrected chi connectivity index (χ2v) is 8.36. The molecule has 0 saturated heterocycles. The number of nitrogens with zero attached hydrogens (tertiary/aromatic N) is 1. The maximum atomic E-state index is 14.2. The maximum Gasteiger partial charge on any atom is 0.242 e. The predicted molar refractivity (Wildman–Crippen MR) is 117 cm³/mol. The van der Waals surface area contributed by atoms with Gasteiger partial charge in [0.25, 0.3) is 0 Å². The first-order chi connectivity index (χ1) is 13.8. The van der Waals surface area contributed by atoms with E-state index < -0.39 is 6.04 Å². The van der Waals surface area contributed by atoms with Gasteiger partial charge in [0.1, 0.15) is 11.9 Å². The van der Waals surface area contributed by atoms with Gasteiger partial charge in [-0.2, -0.15) is 0 Å². The van der Waals surface area contributed by atoms with Crippen LogP contribution in [0, 0.1) is 12.7 Å². The lowest BCUT2D eigenvalue weighted by atomic mass is 10.1. The van der Waals surface area contributed by atoms with Crippen LogP contribution in [0.25, 0.3) is 0 Å². The highest BCUT2D eigenvalue weighted by atomic mass is 32.2. The molecule has 4 nitrogen and oxygen atoms in total. The van der Waals surface area contributed by atoms with E-state index in [0.29, 0.717) is 11.3 Å². The summed E-state index contributed by atoms with van der Waals surface area (Å²) in [5.74, 6) is 0.127. The van der Waals surface area contributed by atoms with Crippen molar-refractivity contribution in [3.05, 3.63) is 71.0 Å². The van der Waals surface area contributed by atoms with Gasteiger partial charge >= 0.3 is 0 Å². The van der Waals surface area contributed by atoms with E-state index in [-0.39, 0.29) is 36.0 Å². The third-order valence-electron chi connectivity index (χ3n) is 4.64. The molecule has 6 heteroatoms. The monoisotopic (exact) mass is 416 g/mol. The molecule has 0 bridgehead atoms. The first-order valence-electron chi connectivity index (χ1n) is 9.75. The van der Waals surface area contributed by atoms with Crippen LogP contribution in [-0.4, -0.2) is 34.6 Å². The smallest absolute Gasteiger partial charge is 0.242 e. The Labute approximate surface area is 176 Å². The van der Waals surface area contributed by atoms with Crippen LogP contribution in [0.1, 0.15) is 37.5 Å². The molecule has 0 aromatic heterocycles. The molecule has 2 amide bonds. The summed E-state index contributed by atoms with van der Waals surface area (Å²) in [6.45, 7) is 7.52.